The SMILES string of the molecule is Cc1cc(C)n(Cc2ccc(C(=O)NC3CC(C(=O)O)C3)cc2)n1. The Morgan fingerprint density at radius 3 is 2.46 bits per heavy atom. The van der Waals surface area contributed by atoms with Crippen LogP contribution in [-0.4, -0.2) is 32.8 Å². The van der Waals surface area contributed by atoms with Crippen LogP contribution in [-0.2, 0) is 11.3 Å². The summed E-state index contributed by atoms with van der Waals surface area (Å²) in [6, 6.07) is 9.43. The first-order chi connectivity index (χ1) is 11.4. The van der Waals surface area contributed by atoms with Crippen LogP contribution in [0.5, 0.6) is 0 Å². The molecule has 0 aliphatic heterocycles. The van der Waals surface area contributed by atoms with Crippen LogP contribution in [0.15, 0.2) is 30.3 Å². The highest BCUT2D eigenvalue weighted by Gasteiger charge is 2.35. The topological polar surface area (TPSA) is 84.2 Å². The molecule has 6 nitrogen and oxygen atoms in total. The van der Waals surface area contributed by atoms with Crippen LogP contribution in [0.3, 0.4) is 0 Å². The minimum absolute atomic E-state index is 0.0343. The van der Waals surface area contributed by atoms with Gasteiger partial charge in [0.25, 0.3) is 5.91 Å². The molecule has 0 spiro atoms. The molecule has 1 saturated carbocycles. The van der Waals surface area contributed by atoms with Crippen molar-refractivity contribution < 1.29 is 14.7 Å². The van der Waals surface area contributed by atoms with E-state index in [0.29, 0.717) is 24.9 Å². The molecule has 0 radical (unpaired) electrons. The summed E-state index contributed by atoms with van der Waals surface area (Å²) in [6.45, 7) is 4.65. The lowest BCUT2D eigenvalue weighted by atomic mass is 9.80. The summed E-state index contributed by atoms with van der Waals surface area (Å²) in [4.78, 5) is 23.0. The van der Waals surface area contributed by atoms with E-state index >= 15 is 0 Å². The average Bonchev–Trinajstić information content (AvgIpc) is 2.80. The van der Waals surface area contributed by atoms with Crippen LogP contribution in [0.2, 0.25) is 0 Å². The maximum atomic E-state index is 12.2. The van der Waals surface area contributed by atoms with Gasteiger partial charge in [-0.15, -0.1) is 0 Å². The van der Waals surface area contributed by atoms with Crippen molar-refractivity contribution in [1.29, 1.82) is 0 Å². The Bertz CT molecular complexity index is 758. The summed E-state index contributed by atoms with van der Waals surface area (Å²) in [5, 5.41) is 16.2. The molecule has 3 rings (SSSR count). The highest BCUT2D eigenvalue weighted by molar-refractivity contribution is 5.94. The summed E-state index contributed by atoms with van der Waals surface area (Å²) in [6.07, 6.45) is 1.02. The average molecular weight is 327 g/mol. The molecule has 2 N–H and O–H groups in total. The molecular formula is C18H21N3O3. The molecule has 1 aliphatic carbocycles. The van der Waals surface area contributed by atoms with E-state index in [1.54, 1.807) is 12.1 Å². The van der Waals surface area contributed by atoms with E-state index in [2.05, 4.69) is 10.4 Å². The number of carboxylic acids is 1. The van der Waals surface area contributed by atoms with E-state index in [1.807, 2.05) is 36.7 Å². The molecule has 126 valence electrons. The van der Waals surface area contributed by atoms with Crippen LogP contribution in [0.25, 0.3) is 0 Å². The van der Waals surface area contributed by atoms with Gasteiger partial charge in [0, 0.05) is 17.3 Å². The molecular weight excluding hydrogens is 306 g/mol. The van der Waals surface area contributed by atoms with E-state index in [1.165, 1.54) is 0 Å². The number of carbonyl (C=O) groups is 2. The van der Waals surface area contributed by atoms with Crippen molar-refractivity contribution in [3.63, 3.8) is 0 Å². The third kappa shape index (κ3) is 3.48. The number of aliphatic carboxylic acids is 1. The molecule has 1 heterocycles. The van der Waals surface area contributed by atoms with Gasteiger partial charge in [0.1, 0.15) is 0 Å². The number of rotatable bonds is 5. The fraction of sp³-hybridized carbons (Fsp3) is 0.389. The second-order valence-electron chi connectivity index (χ2n) is 6.46. The Morgan fingerprint density at radius 1 is 1.25 bits per heavy atom. The minimum atomic E-state index is -0.783. The molecule has 0 saturated heterocycles. The molecule has 0 bridgehead atoms. The lowest BCUT2D eigenvalue weighted by molar-refractivity contribution is -0.145. The van der Waals surface area contributed by atoms with Crippen molar-refractivity contribution >= 4 is 11.9 Å². The van der Waals surface area contributed by atoms with E-state index in [-0.39, 0.29) is 17.9 Å². The Labute approximate surface area is 140 Å². The van der Waals surface area contributed by atoms with Gasteiger partial charge in [-0.05, 0) is 50.5 Å². The molecule has 1 fully saturated rings. The van der Waals surface area contributed by atoms with E-state index in [0.717, 1.165) is 17.0 Å². The Hall–Kier alpha value is -2.63. The molecule has 2 aromatic rings. The highest BCUT2D eigenvalue weighted by atomic mass is 16.4. The van der Waals surface area contributed by atoms with Crippen molar-refractivity contribution in [3.8, 4) is 0 Å². The van der Waals surface area contributed by atoms with Gasteiger partial charge in [0.05, 0.1) is 18.2 Å². The van der Waals surface area contributed by atoms with E-state index in [4.69, 9.17) is 5.11 Å². The number of benzene rings is 1. The zero-order valence-corrected chi connectivity index (χ0v) is 13.8. The van der Waals surface area contributed by atoms with E-state index < -0.39 is 5.97 Å². The van der Waals surface area contributed by atoms with Crippen molar-refractivity contribution in [1.82, 2.24) is 15.1 Å². The predicted octanol–water partition coefficient (Wildman–Crippen LogP) is 2.14. The lowest BCUT2D eigenvalue weighted by Gasteiger charge is -2.32. The fourth-order valence-corrected chi connectivity index (χ4v) is 2.98. The number of amides is 1. The Morgan fingerprint density at radius 2 is 1.92 bits per heavy atom. The second-order valence-corrected chi connectivity index (χ2v) is 6.46. The minimum Gasteiger partial charge on any atom is -0.481 e. The van der Waals surface area contributed by atoms with Crippen molar-refractivity contribution in [2.24, 2.45) is 5.92 Å². The van der Waals surface area contributed by atoms with Crippen LogP contribution in [0, 0.1) is 19.8 Å². The summed E-state index contributed by atoms with van der Waals surface area (Å²) >= 11 is 0. The van der Waals surface area contributed by atoms with Gasteiger partial charge in [-0.2, -0.15) is 5.10 Å². The molecule has 6 heteroatoms. The quantitative estimate of drug-likeness (QED) is 0.881. The number of carboxylic acid groups (broad SMARTS) is 1. The molecule has 0 atom stereocenters. The number of aromatic nitrogens is 2. The normalized spacial score (nSPS) is 19.6. The Kier molecular flexibility index (Phi) is 4.38. The summed E-state index contributed by atoms with van der Waals surface area (Å²) in [7, 11) is 0. The first kappa shape index (κ1) is 16.2. The third-order valence-electron chi connectivity index (χ3n) is 4.47. The number of carbonyl (C=O) groups excluding carboxylic acids is 1. The predicted molar refractivity (Wildman–Crippen MR) is 88.9 cm³/mol. The smallest absolute Gasteiger partial charge is 0.306 e. The highest BCUT2D eigenvalue weighted by Crippen LogP contribution is 2.27. The lowest BCUT2D eigenvalue weighted by Crippen LogP contribution is -2.46. The van der Waals surface area contributed by atoms with Gasteiger partial charge < -0.3 is 10.4 Å². The molecule has 0 unspecified atom stereocenters. The summed E-state index contributed by atoms with van der Waals surface area (Å²) in [5.74, 6) is -1.26. The first-order valence-electron chi connectivity index (χ1n) is 8.06. The zero-order valence-electron chi connectivity index (χ0n) is 13.8. The van der Waals surface area contributed by atoms with Crippen LogP contribution in [0.4, 0.5) is 0 Å². The molecule has 24 heavy (non-hydrogen) atoms. The number of nitrogens with one attached hydrogen (secondary N) is 1. The molecule has 1 aliphatic rings. The maximum Gasteiger partial charge on any atom is 0.306 e. The van der Waals surface area contributed by atoms with Gasteiger partial charge in [-0.3, -0.25) is 14.3 Å². The van der Waals surface area contributed by atoms with Crippen LogP contribution < -0.4 is 5.32 Å². The zero-order chi connectivity index (χ0) is 17.3. The van der Waals surface area contributed by atoms with Crippen LogP contribution in [0.1, 0.15) is 40.2 Å². The summed E-state index contributed by atoms with van der Waals surface area (Å²) < 4.78 is 1.94. The fourth-order valence-electron chi connectivity index (χ4n) is 2.98. The number of aryl methyl sites for hydroxylation is 2. The van der Waals surface area contributed by atoms with Gasteiger partial charge >= 0.3 is 5.97 Å². The van der Waals surface area contributed by atoms with Gasteiger partial charge in [-0.25, -0.2) is 0 Å². The standard InChI is InChI=1S/C18H21N3O3/c1-11-7-12(2)21(20-11)10-13-3-5-14(6-4-13)17(22)19-16-8-15(9-16)18(23)24/h3-7,15-16H,8-10H2,1-2H3,(H,19,22)(H,23,24). The Balaban J connectivity index is 1.57. The molecule has 1 aromatic heterocycles. The first-order valence-corrected chi connectivity index (χ1v) is 8.06. The maximum absolute atomic E-state index is 12.2. The van der Waals surface area contributed by atoms with E-state index in [9.17, 15) is 9.59 Å². The van der Waals surface area contributed by atoms with Crippen molar-refractivity contribution in [2.45, 2.75) is 39.3 Å². The molecule has 1 aromatic carbocycles. The van der Waals surface area contributed by atoms with Gasteiger partial charge in [0.2, 0.25) is 0 Å². The summed E-state index contributed by atoms with van der Waals surface area (Å²) in [5.41, 5.74) is 3.76. The van der Waals surface area contributed by atoms with Crippen molar-refractivity contribution in [2.75, 3.05) is 0 Å². The largest absolute Gasteiger partial charge is 0.481 e. The van der Waals surface area contributed by atoms with Crippen molar-refractivity contribution in [3.05, 3.63) is 52.8 Å². The number of nitrogens with zero attached hydrogens (tertiary/aromatic N) is 2. The van der Waals surface area contributed by atoms with Gasteiger partial charge in [-0.1, -0.05) is 12.1 Å². The molecule has 1 amide bonds. The third-order valence-corrected chi connectivity index (χ3v) is 4.47. The monoisotopic (exact) mass is 327 g/mol. The number of hydrogen-bond acceptors (Lipinski definition) is 3. The van der Waals surface area contributed by atoms with Crippen LogP contribution >= 0.6 is 0 Å². The second kappa shape index (κ2) is 6.47. The number of hydrogen-bond donors (Lipinski definition) is 2. The van der Waals surface area contributed by atoms with Gasteiger partial charge in [0.15, 0.2) is 0 Å².